The van der Waals surface area contributed by atoms with Gasteiger partial charge in [-0.05, 0) is 25.3 Å². The number of aliphatic hydroxyl groups is 1. The molecule has 6 atom stereocenters. The number of para-hydroxylation sites is 1. The van der Waals surface area contributed by atoms with Crippen LogP contribution in [0, 0.1) is 23.7 Å². The number of hydrogen-bond acceptors (Lipinski definition) is 7. The SMILES string of the molecule is CC[C@H]1C[C@@H]2C(=O)N(C(=O)OC)C(=O)[C@@H]2[C@@H]2C[C@@H](c3ccccc3O)O[C@]12O. The van der Waals surface area contributed by atoms with Crippen molar-refractivity contribution < 1.29 is 34.1 Å². The number of ether oxygens (including phenoxy) is 2. The van der Waals surface area contributed by atoms with Gasteiger partial charge < -0.3 is 19.7 Å². The van der Waals surface area contributed by atoms with Crippen LogP contribution in [0.2, 0.25) is 0 Å². The van der Waals surface area contributed by atoms with Gasteiger partial charge in [0, 0.05) is 17.4 Å². The molecule has 0 radical (unpaired) electrons. The second-order valence-corrected chi connectivity index (χ2v) is 7.71. The Morgan fingerprint density at radius 2 is 2.00 bits per heavy atom. The molecule has 1 aromatic carbocycles. The molecule has 8 heteroatoms. The maximum absolute atomic E-state index is 12.9. The Labute approximate surface area is 162 Å². The molecule has 3 amide bonds. The van der Waals surface area contributed by atoms with Crippen LogP contribution in [0.3, 0.4) is 0 Å². The third-order valence-corrected chi connectivity index (χ3v) is 6.50. The molecule has 2 N–H and O–H groups in total. The van der Waals surface area contributed by atoms with Crippen molar-refractivity contribution in [3.63, 3.8) is 0 Å². The van der Waals surface area contributed by atoms with Gasteiger partial charge in [0.25, 0.3) is 0 Å². The Hall–Kier alpha value is -2.45. The number of carbonyl (C=O) groups is 3. The zero-order chi connectivity index (χ0) is 20.2. The number of amides is 3. The lowest BCUT2D eigenvalue weighted by Gasteiger charge is -2.44. The van der Waals surface area contributed by atoms with Gasteiger partial charge in [-0.2, -0.15) is 4.90 Å². The topological polar surface area (TPSA) is 113 Å². The van der Waals surface area contributed by atoms with Gasteiger partial charge in [0.1, 0.15) is 5.75 Å². The monoisotopic (exact) mass is 389 g/mol. The van der Waals surface area contributed by atoms with Crippen LogP contribution in [-0.2, 0) is 19.1 Å². The molecule has 150 valence electrons. The summed E-state index contributed by atoms with van der Waals surface area (Å²) in [6, 6.07) is 6.69. The summed E-state index contributed by atoms with van der Waals surface area (Å²) in [6.07, 6.45) is -0.556. The van der Waals surface area contributed by atoms with Gasteiger partial charge in [0.15, 0.2) is 5.79 Å². The summed E-state index contributed by atoms with van der Waals surface area (Å²) in [7, 11) is 1.11. The number of phenolic OH excluding ortho intramolecular Hbond substituents is 1. The van der Waals surface area contributed by atoms with Crippen LogP contribution in [0.5, 0.6) is 5.75 Å². The van der Waals surface area contributed by atoms with Gasteiger partial charge in [0.05, 0.1) is 25.0 Å². The second kappa shape index (κ2) is 6.56. The highest BCUT2D eigenvalue weighted by atomic mass is 16.6. The van der Waals surface area contributed by atoms with Crippen molar-refractivity contribution in [3.05, 3.63) is 29.8 Å². The lowest BCUT2D eigenvalue weighted by atomic mass is 9.64. The number of methoxy groups -OCH3 is 1. The molecular weight excluding hydrogens is 366 g/mol. The molecule has 3 fully saturated rings. The fourth-order valence-corrected chi connectivity index (χ4v) is 5.17. The highest BCUT2D eigenvalue weighted by Gasteiger charge is 2.67. The van der Waals surface area contributed by atoms with E-state index in [1.807, 2.05) is 6.92 Å². The number of phenols is 1. The van der Waals surface area contributed by atoms with E-state index in [0.29, 0.717) is 16.9 Å². The van der Waals surface area contributed by atoms with Crippen LogP contribution < -0.4 is 0 Å². The maximum Gasteiger partial charge on any atom is 0.423 e. The number of nitrogens with zero attached hydrogens (tertiary/aromatic N) is 1. The molecule has 0 spiro atoms. The Bertz CT molecular complexity index is 840. The van der Waals surface area contributed by atoms with Crippen LogP contribution in [-0.4, -0.2) is 45.9 Å². The Morgan fingerprint density at radius 1 is 1.29 bits per heavy atom. The zero-order valence-corrected chi connectivity index (χ0v) is 15.7. The minimum absolute atomic E-state index is 0.0457. The second-order valence-electron chi connectivity index (χ2n) is 7.71. The van der Waals surface area contributed by atoms with Crippen molar-refractivity contribution in [2.45, 2.75) is 38.1 Å². The van der Waals surface area contributed by atoms with Crippen molar-refractivity contribution >= 4 is 17.9 Å². The first-order valence-electron chi connectivity index (χ1n) is 9.47. The van der Waals surface area contributed by atoms with Gasteiger partial charge in [-0.1, -0.05) is 25.1 Å². The predicted molar refractivity (Wildman–Crippen MR) is 94.6 cm³/mol. The van der Waals surface area contributed by atoms with Crippen LogP contribution in [0.4, 0.5) is 4.79 Å². The summed E-state index contributed by atoms with van der Waals surface area (Å²) in [6.45, 7) is 1.88. The molecule has 1 aliphatic carbocycles. The average molecular weight is 389 g/mol. The number of fused-ring (bicyclic) bond motifs is 3. The summed E-state index contributed by atoms with van der Waals surface area (Å²) in [5.41, 5.74) is 0.526. The molecule has 2 aliphatic heterocycles. The highest BCUT2D eigenvalue weighted by Crippen LogP contribution is 2.59. The molecule has 0 bridgehead atoms. The van der Waals surface area contributed by atoms with Gasteiger partial charge in [-0.25, -0.2) is 4.79 Å². The molecule has 28 heavy (non-hydrogen) atoms. The number of carbonyl (C=O) groups excluding carboxylic acids is 3. The molecular formula is C20H23NO7. The van der Waals surface area contributed by atoms with Gasteiger partial charge in [-0.3, -0.25) is 9.59 Å². The number of benzene rings is 1. The van der Waals surface area contributed by atoms with E-state index in [1.165, 1.54) is 6.07 Å². The fraction of sp³-hybridized carbons (Fsp3) is 0.550. The lowest BCUT2D eigenvalue weighted by Crippen LogP contribution is -2.53. The number of hydrogen-bond donors (Lipinski definition) is 2. The van der Waals surface area contributed by atoms with Crippen molar-refractivity contribution in [3.8, 4) is 5.75 Å². The molecule has 4 rings (SSSR count). The van der Waals surface area contributed by atoms with Crippen molar-refractivity contribution in [1.29, 1.82) is 0 Å². The summed E-state index contributed by atoms with van der Waals surface area (Å²) < 4.78 is 10.6. The first-order valence-corrected chi connectivity index (χ1v) is 9.47. The van der Waals surface area contributed by atoms with E-state index in [0.717, 1.165) is 7.11 Å². The van der Waals surface area contributed by atoms with Gasteiger partial charge in [0.2, 0.25) is 11.8 Å². The number of imide groups is 3. The van der Waals surface area contributed by atoms with E-state index < -0.39 is 47.6 Å². The van der Waals surface area contributed by atoms with E-state index in [4.69, 9.17) is 4.74 Å². The van der Waals surface area contributed by atoms with Crippen LogP contribution in [0.1, 0.15) is 37.9 Å². The smallest absolute Gasteiger partial charge is 0.423 e. The van der Waals surface area contributed by atoms with E-state index in [2.05, 4.69) is 4.74 Å². The molecule has 8 nitrogen and oxygen atoms in total. The predicted octanol–water partition coefficient (Wildman–Crippen LogP) is 1.96. The largest absolute Gasteiger partial charge is 0.508 e. The Kier molecular flexibility index (Phi) is 4.43. The lowest BCUT2D eigenvalue weighted by molar-refractivity contribution is -0.269. The third-order valence-electron chi connectivity index (χ3n) is 6.50. The highest BCUT2D eigenvalue weighted by molar-refractivity contribution is 6.15. The van der Waals surface area contributed by atoms with Crippen LogP contribution >= 0.6 is 0 Å². The average Bonchev–Trinajstić information content (AvgIpc) is 3.15. The van der Waals surface area contributed by atoms with E-state index >= 15 is 0 Å². The number of aromatic hydroxyl groups is 1. The quantitative estimate of drug-likeness (QED) is 0.743. The molecule has 2 saturated heterocycles. The minimum atomic E-state index is -1.61. The van der Waals surface area contributed by atoms with E-state index in [1.54, 1.807) is 18.2 Å². The van der Waals surface area contributed by atoms with E-state index in [-0.39, 0.29) is 24.5 Å². The fourth-order valence-electron chi connectivity index (χ4n) is 5.17. The molecule has 1 saturated carbocycles. The first-order chi connectivity index (χ1) is 13.3. The van der Waals surface area contributed by atoms with Crippen molar-refractivity contribution in [2.75, 3.05) is 7.11 Å². The number of likely N-dealkylation sites (tertiary alicyclic amines) is 1. The molecule has 3 aliphatic rings. The van der Waals surface area contributed by atoms with Crippen LogP contribution in [0.15, 0.2) is 24.3 Å². The first kappa shape index (κ1) is 18.9. The standard InChI is InChI=1S/C20H23NO7/c1-3-10-8-12-16(18(24)21(17(12)23)19(25)27-2)13-9-15(28-20(10,13)26)11-6-4-5-7-14(11)22/h4-7,10,12-13,15-16,22,26H,3,8-9H2,1-2H3/t10-,12-,13-,15-,16-,20+/m0/s1. The minimum Gasteiger partial charge on any atom is -0.508 e. The van der Waals surface area contributed by atoms with Gasteiger partial charge >= 0.3 is 6.09 Å². The molecule has 1 aromatic rings. The van der Waals surface area contributed by atoms with Crippen LogP contribution in [0.25, 0.3) is 0 Å². The molecule has 0 unspecified atom stereocenters. The summed E-state index contributed by atoms with van der Waals surface area (Å²) in [4.78, 5) is 38.2. The maximum atomic E-state index is 12.9. The molecule has 0 aromatic heterocycles. The summed E-state index contributed by atoms with van der Waals surface area (Å²) >= 11 is 0. The summed E-state index contributed by atoms with van der Waals surface area (Å²) in [5.74, 6) is -5.36. The van der Waals surface area contributed by atoms with Crippen molar-refractivity contribution in [1.82, 2.24) is 4.90 Å². The molecule has 2 heterocycles. The Morgan fingerprint density at radius 3 is 2.64 bits per heavy atom. The van der Waals surface area contributed by atoms with Gasteiger partial charge in [-0.15, -0.1) is 0 Å². The summed E-state index contributed by atoms with van der Waals surface area (Å²) in [5, 5.41) is 21.6. The normalized spacial score (nSPS) is 37.0. The Balaban J connectivity index is 1.73. The van der Waals surface area contributed by atoms with E-state index in [9.17, 15) is 24.6 Å². The third kappa shape index (κ3) is 2.48. The zero-order valence-electron chi connectivity index (χ0n) is 15.7. The van der Waals surface area contributed by atoms with Crippen molar-refractivity contribution in [2.24, 2.45) is 23.7 Å². The number of rotatable bonds is 2.